The van der Waals surface area contributed by atoms with Gasteiger partial charge in [0.15, 0.2) is 5.70 Å². The number of non-ortho nitro benzene ring substituents is 1. The summed E-state index contributed by atoms with van der Waals surface area (Å²) in [5.41, 5.74) is 0.516. The maximum absolute atomic E-state index is 12.8. The molecule has 1 unspecified atom stereocenters. The lowest BCUT2D eigenvalue weighted by atomic mass is 10.0. The van der Waals surface area contributed by atoms with E-state index >= 15 is 0 Å². The molecule has 13 heteroatoms. The summed E-state index contributed by atoms with van der Waals surface area (Å²) < 4.78 is 10.1. The second kappa shape index (κ2) is 10.5. The normalized spacial score (nSPS) is 18.6. The van der Waals surface area contributed by atoms with E-state index in [0.29, 0.717) is 11.1 Å². The predicted octanol–water partition coefficient (Wildman–Crippen LogP) is 1.59. The summed E-state index contributed by atoms with van der Waals surface area (Å²) in [6.07, 6.45) is -0.142. The van der Waals surface area contributed by atoms with Crippen LogP contribution in [-0.2, 0) is 36.9 Å². The monoisotopic (exact) mass is 513 g/mol. The smallest absolute Gasteiger partial charge is 0.358 e. The van der Waals surface area contributed by atoms with Crippen molar-refractivity contribution in [3.63, 3.8) is 0 Å². The molecule has 2 amide bonds. The Bertz CT molecular complexity index is 1260. The Morgan fingerprint density at radius 3 is 2.64 bits per heavy atom. The molecule has 2 heterocycles. The van der Waals surface area contributed by atoms with E-state index in [1.54, 1.807) is 18.2 Å². The van der Waals surface area contributed by atoms with Crippen molar-refractivity contribution < 1.29 is 38.7 Å². The summed E-state index contributed by atoms with van der Waals surface area (Å²) in [6, 6.07) is 10.9. The van der Waals surface area contributed by atoms with E-state index in [1.165, 1.54) is 42.1 Å². The fourth-order valence-corrected chi connectivity index (χ4v) is 4.94. The molecule has 2 atom stereocenters. The SMILES string of the molecule is O=COc1ccccc1CC(=O)NC1C(=O)N2C(C(=O)OCc3ccc([N+](=O)[O-])cc3)=C(O)CS[C@H]12. The van der Waals surface area contributed by atoms with Gasteiger partial charge in [-0.05, 0) is 23.8 Å². The van der Waals surface area contributed by atoms with E-state index in [-0.39, 0.29) is 48.1 Å². The van der Waals surface area contributed by atoms with Gasteiger partial charge in [0.25, 0.3) is 18.1 Å². The number of carbonyl (C=O) groups excluding carboxylic acids is 4. The topological polar surface area (TPSA) is 165 Å². The zero-order chi connectivity index (χ0) is 25.8. The highest BCUT2D eigenvalue weighted by atomic mass is 32.2. The van der Waals surface area contributed by atoms with Gasteiger partial charge in [0.1, 0.15) is 29.5 Å². The van der Waals surface area contributed by atoms with Crippen LogP contribution in [0.2, 0.25) is 0 Å². The van der Waals surface area contributed by atoms with E-state index in [2.05, 4.69) is 5.32 Å². The number of fused-ring (bicyclic) bond motifs is 1. The first-order valence-corrected chi connectivity index (χ1v) is 11.6. The zero-order valence-corrected chi connectivity index (χ0v) is 19.3. The maximum atomic E-state index is 12.8. The number of esters is 1. The summed E-state index contributed by atoms with van der Waals surface area (Å²) in [6.45, 7) is 0.0275. The van der Waals surface area contributed by atoms with Crippen LogP contribution in [0, 0.1) is 10.1 Å². The first kappa shape index (κ1) is 24.7. The number of carbonyl (C=O) groups is 4. The van der Waals surface area contributed by atoms with Crippen LogP contribution >= 0.6 is 11.8 Å². The molecule has 12 nitrogen and oxygen atoms in total. The van der Waals surface area contributed by atoms with Crippen LogP contribution in [0.25, 0.3) is 0 Å². The maximum Gasteiger partial charge on any atom is 0.358 e. The van der Waals surface area contributed by atoms with Gasteiger partial charge in [-0.2, -0.15) is 0 Å². The molecule has 1 saturated heterocycles. The minimum atomic E-state index is -0.936. The number of aliphatic hydroxyl groups excluding tert-OH is 1. The summed E-state index contributed by atoms with van der Waals surface area (Å²) >= 11 is 1.17. The second-order valence-electron chi connectivity index (χ2n) is 7.75. The van der Waals surface area contributed by atoms with Gasteiger partial charge in [0.2, 0.25) is 5.91 Å². The molecule has 1 fully saturated rings. The number of β-lactam (4-membered cyclic amide) rings is 1. The number of rotatable bonds is 9. The number of para-hydroxylation sites is 1. The highest BCUT2D eigenvalue weighted by Gasteiger charge is 2.54. The first-order valence-electron chi connectivity index (χ1n) is 10.5. The summed E-state index contributed by atoms with van der Waals surface area (Å²) in [4.78, 5) is 60.0. The van der Waals surface area contributed by atoms with E-state index in [4.69, 9.17) is 9.47 Å². The van der Waals surface area contributed by atoms with Crippen LogP contribution in [0.15, 0.2) is 60.0 Å². The van der Waals surface area contributed by atoms with E-state index in [0.717, 1.165) is 4.90 Å². The molecule has 4 rings (SSSR count). The highest BCUT2D eigenvalue weighted by Crippen LogP contribution is 2.40. The Hall–Kier alpha value is -4.39. The molecule has 0 aliphatic carbocycles. The van der Waals surface area contributed by atoms with E-state index in [1.807, 2.05) is 0 Å². The Labute approximate surface area is 208 Å². The number of hydrogen-bond acceptors (Lipinski definition) is 10. The third-order valence-corrected chi connectivity index (χ3v) is 6.74. The van der Waals surface area contributed by atoms with Crippen LogP contribution in [-0.4, -0.2) is 56.4 Å². The molecule has 2 aliphatic rings. The lowest BCUT2D eigenvalue weighted by Gasteiger charge is -2.48. The number of nitrogens with one attached hydrogen (secondary N) is 1. The molecular weight excluding hydrogens is 494 g/mol. The number of nitrogens with zero attached hydrogens (tertiary/aromatic N) is 2. The van der Waals surface area contributed by atoms with Crippen LogP contribution in [0.3, 0.4) is 0 Å². The first-order chi connectivity index (χ1) is 17.3. The number of hydrogen-bond donors (Lipinski definition) is 2. The molecule has 0 radical (unpaired) electrons. The second-order valence-corrected chi connectivity index (χ2v) is 8.85. The number of nitro benzene ring substituents is 1. The number of thioether (sulfide) groups is 1. The van der Waals surface area contributed by atoms with Gasteiger partial charge in [-0.25, -0.2) is 4.79 Å². The van der Waals surface area contributed by atoms with Crippen molar-refractivity contribution in [1.82, 2.24) is 10.2 Å². The van der Waals surface area contributed by atoms with Gasteiger partial charge in [-0.15, -0.1) is 11.8 Å². The van der Waals surface area contributed by atoms with Crippen molar-refractivity contribution >= 4 is 41.7 Å². The number of ether oxygens (including phenoxy) is 2. The Morgan fingerprint density at radius 1 is 1.22 bits per heavy atom. The third kappa shape index (κ3) is 5.00. The van der Waals surface area contributed by atoms with Gasteiger partial charge in [-0.1, -0.05) is 18.2 Å². The Kier molecular flexibility index (Phi) is 7.20. The lowest BCUT2D eigenvalue weighted by molar-refractivity contribution is -0.384. The molecule has 2 aromatic rings. The van der Waals surface area contributed by atoms with Gasteiger partial charge in [0, 0.05) is 17.7 Å². The average molecular weight is 513 g/mol. The zero-order valence-electron chi connectivity index (χ0n) is 18.5. The number of benzene rings is 2. The van der Waals surface area contributed by atoms with Crippen LogP contribution in [0.4, 0.5) is 5.69 Å². The Balaban J connectivity index is 1.38. The van der Waals surface area contributed by atoms with Crippen molar-refractivity contribution in [3.8, 4) is 5.75 Å². The molecule has 2 aliphatic heterocycles. The number of amides is 2. The number of nitro groups is 1. The molecule has 2 N–H and O–H groups in total. The van der Waals surface area contributed by atoms with Gasteiger partial charge in [0.05, 0.1) is 17.1 Å². The van der Waals surface area contributed by atoms with E-state index < -0.39 is 34.1 Å². The molecule has 0 spiro atoms. The van der Waals surface area contributed by atoms with Crippen LogP contribution in [0.5, 0.6) is 5.75 Å². The van der Waals surface area contributed by atoms with Crippen molar-refractivity contribution in [2.24, 2.45) is 0 Å². The molecule has 186 valence electrons. The standard InChI is InChI=1S/C23H19N3O9S/c27-12-35-17-4-2-1-3-14(17)9-18(29)24-19-21(30)25-20(16(28)11-36-22(19)25)23(31)34-10-13-5-7-15(8-6-13)26(32)33/h1-8,12,19,22,28H,9-11H2,(H,24,29)/t19?,22-/m1/s1. The summed E-state index contributed by atoms with van der Waals surface area (Å²) in [5, 5.41) is 23.0. The summed E-state index contributed by atoms with van der Waals surface area (Å²) in [5.74, 6) is -2.10. The molecule has 2 aromatic carbocycles. The largest absolute Gasteiger partial charge is 0.509 e. The fraction of sp³-hybridized carbons (Fsp3) is 0.217. The van der Waals surface area contributed by atoms with Crippen molar-refractivity contribution in [2.45, 2.75) is 24.4 Å². The minimum absolute atomic E-state index is 0.0266. The van der Waals surface area contributed by atoms with Crippen LogP contribution in [0.1, 0.15) is 11.1 Å². The predicted molar refractivity (Wildman–Crippen MR) is 124 cm³/mol. The van der Waals surface area contributed by atoms with Gasteiger partial charge >= 0.3 is 5.97 Å². The number of aliphatic hydroxyl groups is 1. The molecule has 0 bridgehead atoms. The van der Waals surface area contributed by atoms with E-state index in [9.17, 15) is 34.4 Å². The fourth-order valence-electron chi connectivity index (χ4n) is 3.74. The molecule has 36 heavy (non-hydrogen) atoms. The molecular formula is C23H19N3O9S. The Morgan fingerprint density at radius 2 is 1.94 bits per heavy atom. The highest BCUT2D eigenvalue weighted by molar-refractivity contribution is 8.00. The minimum Gasteiger partial charge on any atom is -0.509 e. The third-order valence-electron chi connectivity index (χ3n) is 5.47. The summed E-state index contributed by atoms with van der Waals surface area (Å²) in [7, 11) is 0. The average Bonchev–Trinajstić information content (AvgIpc) is 2.87. The molecule has 0 aromatic heterocycles. The van der Waals surface area contributed by atoms with Gasteiger partial charge < -0.3 is 19.9 Å². The van der Waals surface area contributed by atoms with Gasteiger partial charge in [-0.3, -0.25) is 29.4 Å². The lowest BCUT2D eigenvalue weighted by Crippen LogP contribution is -2.70. The van der Waals surface area contributed by atoms with Crippen molar-refractivity contribution in [3.05, 3.63) is 81.2 Å². The molecule has 0 saturated carbocycles. The van der Waals surface area contributed by atoms with Crippen LogP contribution < -0.4 is 10.1 Å². The van der Waals surface area contributed by atoms with Crippen molar-refractivity contribution in [1.29, 1.82) is 0 Å². The quantitative estimate of drug-likeness (QED) is 0.165. The van der Waals surface area contributed by atoms with Crippen molar-refractivity contribution in [2.75, 3.05) is 5.75 Å².